The largest absolute Gasteiger partial charge is 0.493 e. The summed E-state index contributed by atoms with van der Waals surface area (Å²) in [5.74, 6) is 0.421. The number of aromatic hydroxyl groups is 1. The molecule has 0 unspecified atom stereocenters. The van der Waals surface area contributed by atoms with Crippen LogP contribution in [0.1, 0.15) is 24.2 Å². The van der Waals surface area contributed by atoms with Crippen molar-refractivity contribution in [2.45, 2.75) is 18.4 Å². The van der Waals surface area contributed by atoms with Gasteiger partial charge < -0.3 is 15.8 Å². The molecule has 7 heteroatoms. The van der Waals surface area contributed by atoms with E-state index in [1.807, 2.05) is 18.2 Å². The van der Waals surface area contributed by atoms with E-state index in [1.165, 1.54) is 0 Å². The molecule has 26 heavy (non-hydrogen) atoms. The number of hydrogen-bond acceptors (Lipinski definition) is 6. The molecule has 0 atom stereocenters. The summed E-state index contributed by atoms with van der Waals surface area (Å²) in [5.41, 5.74) is 9.28. The summed E-state index contributed by atoms with van der Waals surface area (Å²) in [6.45, 7) is 0. The molecule has 7 nitrogen and oxygen atoms in total. The van der Waals surface area contributed by atoms with E-state index in [-0.39, 0.29) is 5.88 Å². The first-order chi connectivity index (χ1) is 12.6. The summed E-state index contributed by atoms with van der Waals surface area (Å²) >= 11 is 0. The van der Waals surface area contributed by atoms with Crippen LogP contribution < -0.4 is 5.73 Å². The first-order valence-electron chi connectivity index (χ1n) is 8.25. The average molecular weight is 342 g/mol. The highest BCUT2D eigenvalue weighted by atomic mass is 16.3. The Morgan fingerprint density at radius 3 is 2.77 bits per heavy atom. The molecule has 0 saturated heterocycles. The lowest BCUT2D eigenvalue weighted by Crippen LogP contribution is -2.22. The van der Waals surface area contributed by atoms with Crippen LogP contribution in [0.3, 0.4) is 0 Å². The highest BCUT2D eigenvalue weighted by Crippen LogP contribution is 2.42. The lowest BCUT2D eigenvalue weighted by molar-refractivity contribution is 0.452. The van der Waals surface area contributed by atoms with Gasteiger partial charge in [0, 0.05) is 23.3 Å². The lowest BCUT2D eigenvalue weighted by Gasteiger charge is -2.10. The molecule has 1 saturated carbocycles. The first-order valence-corrected chi connectivity index (χ1v) is 8.25. The number of nitrogens with zero attached hydrogens (tertiary/aromatic N) is 4. The topological polar surface area (TPSA) is 124 Å². The van der Waals surface area contributed by atoms with Crippen LogP contribution in [0.2, 0.25) is 0 Å². The molecular weight excluding hydrogens is 328 g/mol. The summed E-state index contributed by atoms with van der Waals surface area (Å²) in [5, 5.41) is 20.8. The molecule has 0 bridgehead atoms. The molecule has 4 N–H and O–H groups in total. The number of fused-ring (bicyclic) bond motifs is 2. The predicted octanol–water partition coefficient (Wildman–Crippen LogP) is 2.70. The van der Waals surface area contributed by atoms with Gasteiger partial charge in [-0.3, -0.25) is 0 Å². The summed E-state index contributed by atoms with van der Waals surface area (Å²) in [4.78, 5) is 16.1. The second-order valence-corrected chi connectivity index (χ2v) is 6.69. The second kappa shape index (κ2) is 5.00. The number of benzene rings is 1. The molecule has 0 aliphatic heterocycles. The number of aromatic amines is 1. The van der Waals surface area contributed by atoms with E-state index in [2.05, 4.69) is 26.0 Å². The molecule has 1 aromatic carbocycles. The average Bonchev–Trinajstić information content (AvgIpc) is 3.28. The minimum atomic E-state index is -0.519. The Bertz CT molecular complexity index is 1230. The number of aromatic nitrogens is 4. The standard InChI is InChI=1S/C19H14N6O/c20-7-12-9-23-16-14(12)5-11(8-22-16)10-1-2-13-15(6-10)24-18(25-17(13)26)19(21)3-4-19/h1-2,5-6,8-9H,3-4,21H2,(H,22,23)(H,24,25,26). The summed E-state index contributed by atoms with van der Waals surface area (Å²) in [6, 6.07) is 9.62. The van der Waals surface area contributed by atoms with Crippen LogP contribution in [-0.2, 0) is 5.54 Å². The van der Waals surface area contributed by atoms with Gasteiger partial charge in [-0.05, 0) is 36.6 Å². The van der Waals surface area contributed by atoms with Crippen molar-refractivity contribution in [3.63, 3.8) is 0 Å². The van der Waals surface area contributed by atoms with E-state index >= 15 is 0 Å². The maximum absolute atomic E-state index is 10.2. The van der Waals surface area contributed by atoms with Crippen molar-refractivity contribution in [2.24, 2.45) is 5.73 Å². The smallest absolute Gasteiger partial charge is 0.222 e. The summed E-state index contributed by atoms with van der Waals surface area (Å²) in [6.07, 6.45) is 5.04. The van der Waals surface area contributed by atoms with Crippen molar-refractivity contribution in [2.75, 3.05) is 0 Å². The van der Waals surface area contributed by atoms with E-state index in [0.717, 1.165) is 29.4 Å². The zero-order valence-electron chi connectivity index (χ0n) is 13.7. The van der Waals surface area contributed by atoms with E-state index in [9.17, 15) is 10.4 Å². The van der Waals surface area contributed by atoms with Crippen molar-refractivity contribution in [3.8, 4) is 23.1 Å². The van der Waals surface area contributed by atoms with E-state index in [4.69, 9.17) is 5.73 Å². The Balaban J connectivity index is 1.68. The van der Waals surface area contributed by atoms with Gasteiger partial charge >= 0.3 is 0 Å². The van der Waals surface area contributed by atoms with Crippen LogP contribution in [0.15, 0.2) is 36.7 Å². The van der Waals surface area contributed by atoms with Gasteiger partial charge in [0.15, 0.2) is 5.82 Å². The number of nitrogens with two attached hydrogens (primary N) is 1. The fraction of sp³-hybridized carbons (Fsp3) is 0.158. The van der Waals surface area contributed by atoms with Crippen molar-refractivity contribution in [1.82, 2.24) is 19.9 Å². The third-order valence-corrected chi connectivity index (χ3v) is 4.90. The molecule has 0 radical (unpaired) electrons. The maximum atomic E-state index is 10.2. The number of nitriles is 1. The Labute approximate surface area is 148 Å². The monoisotopic (exact) mass is 342 g/mol. The molecule has 0 amide bonds. The fourth-order valence-electron chi connectivity index (χ4n) is 3.13. The number of nitrogens with one attached hydrogen (secondary N) is 1. The van der Waals surface area contributed by atoms with E-state index < -0.39 is 5.54 Å². The zero-order valence-corrected chi connectivity index (χ0v) is 13.7. The molecule has 1 aliphatic rings. The molecule has 5 rings (SSSR count). The number of hydrogen-bond donors (Lipinski definition) is 3. The van der Waals surface area contributed by atoms with Crippen molar-refractivity contribution < 1.29 is 5.11 Å². The van der Waals surface area contributed by atoms with Crippen LogP contribution in [0, 0.1) is 11.3 Å². The van der Waals surface area contributed by atoms with Gasteiger partial charge in [0.1, 0.15) is 11.7 Å². The lowest BCUT2D eigenvalue weighted by atomic mass is 10.0. The molecule has 126 valence electrons. The van der Waals surface area contributed by atoms with E-state index in [0.29, 0.717) is 27.9 Å². The van der Waals surface area contributed by atoms with Gasteiger partial charge in [-0.25, -0.2) is 9.97 Å². The SMILES string of the molecule is N#Cc1c[nH]c2ncc(-c3ccc4c(O)nc(C5(N)CC5)nc4c3)cc12. The van der Waals surface area contributed by atoms with Crippen LogP contribution in [0.25, 0.3) is 33.1 Å². The summed E-state index contributed by atoms with van der Waals surface area (Å²) < 4.78 is 0. The molecule has 0 spiro atoms. The molecule has 3 heterocycles. The van der Waals surface area contributed by atoms with Gasteiger partial charge in [0.05, 0.1) is 22.0 Å². The van der Waals surface area contributed by atoms with Crippen molar-refractivity contribution >= 4 is 21.9 Å². The van der Waals surface area contributed by atoms with Gasteiger partial charge in [-0.15, -0.1) is 0 Å². The minimum Gasteiger partial charge on any atom is -0.493 e. The number of rotatable bonds is 2. The quantitative estimate of drug-likeness (QED) is 0.514. The predicted molar refractivity (Wildman–Crippen MR) is 96.1 cm³/mol. The fourth-order valence-corrected chi connectivity index (χ4v) is 3.13. The van der Waals surface area contributed by atoms with Gasteiger partial charge in [-0.1, -0.05) is 6.07 Å². The van der Waals surface area contributed by atoms with Crippen molar-refractivity contribution in [3.05, 3.63) is 48.0 Å². The Morgan fingerprint density at radius 1 is 1.15 bits per heavy atom. The Kier molecular flexibility index (Phi) is 2.85. The Morgan fingerprint density at radius 2 is 2.00 bits per heavy atom. The molecule has 1 fully saturated rings. The minimum absolute atomic E-state index is 0.0562. The molecule has 4 aromatic rings. The van der Waals surface area contributed by atoms with Gasteiger partial charge in [-0.2, -0.15) is 10.2 Å². The second-order valence-electron chi connectivity index (χ2n) is 6.69. The first kappa shape index (κ1) is 14.8. The molecule has 3 aromatic heterocycles. The van der Waals surface area contributed by atoms with Crippen molar-refractivity contribution in [1.29, 1.82) is 5.26 Å². The van der Waals surface area contributed by atoms with Crippen LogP contribution >= 0.6 is 0 Å². The van der Waals surface area contributed by atoms with Crippen LogP contribution in [0.5, 0.6) is 5.88 Å². The number of H-pyrrole nitrogens is 1. The normalized spacial score (nSPS) is 15.2. The highest BCUT2D eigenvalue weighted by Gasteiger charge is 2.43. The van der Waals surface area contributed by atoms with Gasteiger partial charge in [0.25, 0.3) is 0 Å². The Hall–Kier alpha value is -3.50. The zero-order chi connectivity index (χ0) is 17.9. The molecule has 1 aliphatic carbocycles. The van der Waals surface area contributed by atoms with Gasteiger partial charge in [0.2, 0.25) is 5.88 Å². The maximum Gasteiger partial charge on any atom is 0.222 e. The summed E-state index contributed by atoms with van der Waals surface area (Å²) in [7, 11) is 0. The highest BCUT2D eigenvalue weighted by molar-refractivity contribution is 5.90. The third kappa shape index (κ3) is 2.13. The number of pyridine rings is 1. The van der Waals surface area contributed by atoms with E-state index in [1.54, 1.807) is 18.5 Å². The van der Waals surface area contributed by atoms with Crippen LogP contribution in [0.4, 0.5) is 0 Å². The molecular formula is C19H14N6O. The van der Waals surface area contributed by atoms with Crippen LogP contribution in [-0.4, -0.2) is 25.0 Å². The third-order valence-electron chi connectivity index (χ3n) is 4.90.